The van der Waals surface area contributed by atoms with Gasteiger partial charge in [0.2, 0.25) is 0 Å². The SMILES string of the molecule is ClCC1COC(c2sccc2Br)O1. The molecule has 2 rings (SSSR count). The number of rotatable bonds is 2. The summed E-state index contributed by atoms with van der Waals surface area (Å²) >= 11 is 10.7. The monoisotopic (exact) mass is 282 g/mol. The summed E-state index contributed by atoms with van der Waals surface area (Å²) in [7, 11) is 0. The maximum atomic E-state index is 5.66. The zero-order valence-electron chi connectivity index (χ0n) is 6.70. The van der Waals surface area contributed by atoms with Gasteiger partial charge in [-0.1, -0.05) is 0 Å². The molecule has 13 heavy (non-hydrogen) atoms. The molecule has 72 valence electrons. The van der Waals surface area contributed by atoms with E-state index in [-0.39, 0.29) is 12.4 Å². The first kappa shape index (κ1) is 9.93. The van der Waals surface area contributed by atoms with Crippen molar-refractivity contribution in [2.75, 3.05) is 12.5 Å². The molecule has 2 nitrogen and oxygen atoms in total. The molecule has 1 aliphatic rings. The van der Waals surface area contributed by atoms with Gasteiger partial charge in [0.1, 0.15) is 0 Å². The maximum Gasteiger partial charge on any atom is 0.194 e. The highest BCUT2D eigenvalue weighted by Gasteiger charge is 2.28. The molecule has 1 aromatic rings. The molecule has 0 N–H and O–H groups in total. The van der Waals surface area contributed by atoms with E-state index in [9.17, 15) is 0 Å². The zero-order chi connectivity index (χ0) is 9.26. The number of halogens is 2. The van der Waals surface area contributed by atoms with Crippen LogP contribution in [0.5, 0.6) is 0 Å². The molecule has 5 heteroatoms. The van der Waals surface area contributed by atoms with E-state index in [1.54, 1.807) is 11.3 Å². The van der Waals surface area contributed by atoms with Crippen LogP contribution in [0.4, 0.5) is 0 Å². The van der Waals surface area contributed by atoms with Crippen molar-refractivity contribution in [2.45, 2.75) is 12.4 Å². The summed E-state index contributed by atoms with van der Waals surface area (Å²) in [6, 6.07) is 1.99. The Kier molecular flexibility index (Phi) is 3.26. The fourth-order valence-corrected chi connectivity index (χ4v) is 2.84. The molecule has 0 amide bonds. The summed E-state index contributed by atoms with van der Waals surface area (Å²) in [5.41, 5.74) is 0. The average Bonchev–Trinajstić information content (AvgIpc) is 2.71. The molecular weight excluding hydrogens is 276 g/mol. The lowest BCUT2D eigenvalue weighted by Crippen LogP contribution is -2.10. The summed E-state index contributed by atoms with van der Waals surface area (Å²) in [6.45, 7) is 0.582. The van der Waals surface area contributed by atoms with Gasteiger partial charge in [-0.05, 0) is 27.4 Å². The van der Waals surface area contributed by atoms with Gasteiger partial charge in [0.05, 0.1) is 23.5 Å². The van der Waals surface area contributed by atoms with Gasteiger partial charge < -0.3 is 9.47 Å². The Bertz CT molecular complexity index is 291. The van der Waals surface area contributed by atoms with Crippen LogP contribution in [-0.4, -0.2) is 18.6 Å². The summed E-state index contributed by atoms with van der Waals surface area (Å²) < 4.78 is 12.1. The van der Waals surface area contributed by atoms with Gasteiger partial charge in [-0.25, -0.2) is 0 Å². The molecule has 0 aromatic carbocycles. The van der Waals surface area contributed by atoms with E-state index >= 15 is 0 Å². The van der Waals surface area contributed by atoms with Gasteiger partial charge in [-0.15, -0.1) is 22.9 Å². The normalized spacial score (nSPS) is 28.2. The predicted molar refractivity (Wildman–Crippen MR) is 56.3 cm³/mol. The molecule has 0 bridgehead atoms. The zero-order valence-corrected chi connectivity index (χ0v) is 9.86. The minimum atomic E-state index is -0.238. The van der Waals surface area contributed by atoms with Gasteiger partial charge >= 0.3 is 0 Å². The molecule has 2 heterocycles. The van der Waals surface area contributed by atoms with Crippen LogP contribution in [0, 0.1) is 0 Å². The fraction of sp³-hybridized carbons (Fsp3) is 0.500. The quantitative estimate of drug-likeness (QED) is 0.776. The number of hydrogen-bond donors (Lipinski definition) is 0. The Morgan fingerprint density at radius 1 is 1.69 bits per heavy atom. The standard InChI is InChI=1S/C8H8BrClO2S/c9-6-1-2-13-7(6)8-11-4-5(3-10)12-8/h1-2,5,8H,3-4H2. The van der Waals surface area contributed by atoms with Gasteiger partial charge in [-0.3, -0.25) is 0 Å². The third kappa shape index (κ3) is 2.07. The summed E-state index contributed by atoms with van der Waals surface area (Å²) in [6.07, 6.45) is -0.209. The van der Waals surface area contributed by atoms with E-state index in [0.717, 1.165) is 9.35 Å². The first-order chi connectivity index (χ1) is 6.31. The molecule has 1 fully saturated rings. The minimum Gasteiger partial charge on any atom is -0.345 e. The van der Waals surface area contributed by atoms with E-state index in [1.807, 2.05) is 11.4 Å². The summed E-state index contributed by atoms with van der Waals surface area (Å²) in [4.78, 5) is 1.08. The molecular formula is C8H8BrClO2S. The van der Waals surface area contributed by atoms with Crippen LogP contribution in [0.25, 0.3) is 0 Å². The van der Waals surface area contributed by atoms with Crippen LogP contribution in [0.3, 0.4) is 0 Å². The van der Waals surface area contributed by atoms with Crippen LogP contribution in [-0.2, 0) is 9.47 Å². The number of hydrogen-bond acceptors (Lipinski definition) is 3. The highest BCUT2D eigenvalue weighted by Crippen LogP contribution is 2.35. The van der Waals surface area contributed by atoms with Crippen molar-refractivity contribution in [2.24, 2.45) is 0 Å². The summed E-state index contributed by atoms with van der Waals surface area (Å²) in [5.74, 6) is 0.486. The first-order valence-corrected chi connectivity index (χ1v) is 6.08. The van der Waals surface area contributed by atoms with Crippen molar-refractivity contribution >= 4 is 38.9 Å². The molecule has 0 spiro atoms. The average molecular weight is 284 g/mol. The number of ether oxygens (including phenoxy) is 2. The Labute approximate surface area is 93.9 Å². The van der Waals surface area contributed by atoms with Crippen LogP contribution in [0.1, 0.15) is 11.2 Å². The molecule has 2 unspecified atom stereocenters. The van der Waals surface area contributed by atoms with Crippen molar-refractivity contribution in [3.05, 3.63) is 20.8 Å². The van der Waals surface area contributed by atoms with Crippen molar-refractivity contribution in [3.8, 4) is 0 Å². The fourth-order valence-electron chi connectivity index (χ4n) is 1.14. The smallest absolute Gasteiger partial charge is 0.194 e. The van der Waals surface area contributed by atoms with Gasteiger partial charge in [0.25, 0.3) is 0 Å². The molecule has 1 saturated heterocycles. The Morgan fingerprint density at radius 3 is 3.08 bits per heavy atom. The molecule has 1 aromatic heterocycles. The molecule has 0 aliphatic carbocycles. The van der Waals surface area contributed by atoms with Crippen LogP contribution in [0.2, 0.25) is 0 Å². The highest BCUT2D eigenvalue weighted by atomic mass is 79.9. The Morgan fingerprint density at radius 2 is 2.54 bits per heavy atom. The van der Waals surface area contributed by atoms with Gasteiger partial charge in [0, 0.05) is 4.47 Å². The lowest BCUT2D eigenvalue weighted by Gasteiger charge is -2.08. The maximum absolute atomic E-state index is 5.66. The van der Waals surface area contributed by atoms with Crippen LogP contribution in [0.15, 0.2) is 15.9 Å². The third-order valence-corrected chi connectivity index (χ3v) is 4.02. The number of thiophene rings is 1. The molecule has 2 atom stereocenters. The lowest BCUT2D eigenvalue weighted by atomic mass is 10.4. The second-order valence-corrected chi connectivity index (χ2v) is 4.82. The predicted octanol–water partition coefficient (Wildman–Crippen LogP) is 3.16. The van der Waals surface area contributed by atoms with Gasteiger partial charge in [0.15, 0.2) is 6.29 Å². The van der Waals surface area contributed by atoms with E-state index < -0.39 is 0 Å². The van der Waals surface area contributed by atoms with Crippen molar-refractivity contribution in [1.29, 1.82) is 0 Å². The Hall–Kier alpha value is 0.390. The summed E-state index contributed by atoms with van der Waals surface area (Å²) in [5, 5.41) is 2.00. The van der Waals surface area contributed by atoms with E-state index in [2.05, 4.69) is 15.9 Å². The second-order valence-electron chi connectivity index (χ2n) is 2.71. The minimum absolute atomic E-state index is 0.0284. The Balaban J connectivity index is 2.08. The van der Waals surface area contributed by atoms with Crippen molar-refractivity contribution < 1.29 is 9.47 Å². The van der Waals surface area contributed by atoms with E-state index in [1.165, 1.54) is 0 Å². The van der Waals surface area contributed by atoms with E-state index in [0.29, 0.717) is 12.5 Å². The van der Waals surface area contributed by atoms with Crippen LogP contribution >= 0.6 is 38.9 Å². The number of alkyl halides is 1. The van der Waals surface area contributed by atoms with Gasteiger partial charge in [-0.2, -0.15) is 0 Å². The topological polar surface area (TPSA) is 18.5 Å². The van der Waals surface area contributed by atoms with Crippen LogP contribution < -0.4 is 0 Å². The van der Waals surface area contributed by atoms with E-state index in [4.69, 9.17) is 21.1 Å². The lowest BCUT2D eigenvalue weighted by molar-refractivity contribution is -0.0545. The highest BCUT2D eigenvalue weighted by molar-refractivity contribution is 9.10. The largest absolute Gasteiger partial charge is 0.345 e. The van der Waals surface area contributed by atoms with Crippen molar-refractivity contribution in [1.82, 2.24) is 0 Å². The van der Waals surface area contributed by atoms with Crippen molar-refractivity contribution in [3.63, 3.8) is 0 Å². The molecule has 0 radical (unpaired) electrons. The first-order valence-electron chi connectivity index (χ1n) is 3.87. The third-order valence-electron chi connectivity index (χ3n) is 1.78. The molecule has 1 aliphatic heterocycles. The second kappa shape index (κ2) is 4.28. The molecule has 0 saturated carbocycles.